The molecule has 7 nitrogen and oxygen atoms in total. The first-order valence-electron chi connectivity index (χ1n) is 9.20. The molecule has 0 saturated carbocycles. The van der Waals surface area contributed by atoms with Crippen LogP contribution in [-0.4, -0.2) is 36.3 Å². The molecular formula is C20H15F5N2O5S. The summed E-state index contributed by atoms with van der Waals surface area (Å²) in [7, 11) is 0. The largest absolute Gasteiger partial charge is 0.456 e. The second kappa shape index (κ2) is 10.1. The van der Waals surface area contributed by atoms with Crippen LogP contribution in [0.5, 0.6) is 5.75 Å². The van der Waals surface area contributed by atoms with Crippen molar-refractivity contribution in [1.29, 1.82) is 0 Å². The van der Waals surface area contributed by atoms with Crippen molar-refractivity contribution in [2.24, 2.45) is 0 Å². The van der Waals surface area contributed by atoms with E-state index in [-0.39, 0.29) is 17.1 Å². The molecule has 13 heteroatoms. The molecule has 1 unspecified atom stereocenters. The van der Waals surface area contributed by atoms with Crippen molar-refractivity contribution in [3.8, 4) is 5.75 Å². The molecule has 0 aliphatic carbocycles. The SMILES string of the molecule is O=C(COC(=O)CC1Sc2ccc(C(F)(F)F)cc2NC1=O)Nc1ccc(OC(F)F)cc1. The lowest BCUT2D eigenvalue weighted by Crippen LogP contribution is -2.32. The third-order valence-electron chi connectivity index (χ3n) is 4.21. The monoisotopic (exact) mass is 490 g/mol. The summed E-state index contributed by atoms with van der Waals surface area (Å²) in [6.07, 6.45) is -4.97. The maximum Gasteiger partial charge on any atom is 0.416 e. The Morgan fingerprint density at radius 3 is 2.45 bits per heavy atom. The van der Waals surface area contributed by atoms with Crippen LogP contribution in [-0.2, 0) is 25.3 Å². The Morgan fingerprint density at radius 2 is 1.82 bits per heavy atom. The summed E-state index contributed by atoms with van der Waals surface area (Å²) < 4.78 is 71.7. The van der Waals surface area contributed by atoms with Crippen LogP contribution in [0, 0.1) is 0 Å². The van der Waals surface area contributed by atoms with Gasteiger partial charge in [0.2, 0.25) is 5.91 Å². The Kier molecular flexibility index (Phi) is 7.41. The standard InChI is InChI=1S/C20H15F5N2O5S/c21-19(22)32-12-4-2-11(3-5-12)26-16(28)9-31-17(29)8-15-18(30)27-13-7-10(20(23,24)25)1-6-14(13)33-15/h1-7,15,19H,8-9H2,(H,26,28)(H,27,30). The topological polar surface area (TPSA) is 93.7 Å². The quantitative estimate of drug-likeness (QED) is 0.444. The summed E-state index contributed by atoms with van der Waals surface area (Å²) >= 11 is 0.909. The minimum Gasteiger partial charge on any atom is -0.456 e. The second-order valence-electron chi connectivity index (χ2n) is 6.62. The van der Waals surface area contributed by atoms with E-state index in [0.717, 1.165) is 23.9 Å². The van der Waals surface area contributed by atoms with Crippen molar-refractivity contribution in [3.05, 3.63) is 48.0 Å². The number of nitrogens with one attached hydrogen (secondary N) is 2. The van der Waals surface area contributed by atoms with Crippen LogP contribution in [0.15, 0.2) is 47.4 Å². The average Bonchev–Trinajstić information content (AvgIpc) is 2.73. The van der Waals surface area contributed by atoms with Crippen molar-refractivity contribution in [2.45, 2.75) is 29.4 Å². The Bertz CT molecular complexity index is 1050. The minimum atomic E-state index is -4.56. The molecule has 1 heterocycles. The van der Waals surface area contributed by atoms with E-state index < -0.39 is 54.4 Å². The fourth-order valence-corrected chi connectivity index (χ4v) is 3.81. The number of rotatable bonds is 7. The summed E-state index contributed by atoms with van der Waals surface area (Å²) in [5.41, 5.74) is -0.675. The summed E-state index contributed by atoms with van der Waals surface area (Å²) in [4.78, 5) is 36.5. The van der Waals surface area contributed by atoms with Gasteiger partial charge in [0.15, 0.2) is 6.61 Å². The van der Waals surface area contributed by atoms with E-state index in [0.29, 0.717) is 4.90 Å². The molecular weight excluding hydrogens is 475 g/mol. The van der Waals surface area contributed by atoms with Gasteiger partial charge < -0.3 is 20.1 Å². The Labute approximate surface area is 187 Å². The Hall–Kier alpha value is -3.35. The highest BCUT2D eigenvalue weighted by molar-refractivity contribution is 8.01. The number of hydrogen-bond donors (Lipinski definition) is 2. The number of alkyl halides is 5. The van der Waals surface area contributed by atoms with Gasteiger partial charge in [-0.15, -0.1) is 11.8 Å². The number of hydrogen-bond acceptors (Lipinski definition) is 6. The number of carbonyl (C=O) groups is 3. The van der Waals surface area contributed by atoms with Crippen LogP contribution in [0.4, 0.5) is 33.3 Å². The Balaban J connectivity index is 1.48. The fourth-order valence-electron chi connectivity index (χ4n) is 2.73. The number of ether oxygens (including phenoxy) is 2. The predicted molar refractivity (Wildman–Crippen MR) is 107 cm³/mol. The summed E-state index contributed by atoms with van der Waals surface area (Å²) in [6.45, 7) is -3.65. The van der Waals surface area contributed by atoms with E-state index in [2.05, 4.69) is 15.4 Å². The van der Waals surface area contributed by atoms with Crippen molar-refractivity contribution < 1.29 is 45.8 Å². The van der Waals surface area contributed by atoms with Gasteiger partial charge in [0, 0.05) is 10.6 Å². The van der Waals surface area contributed by atoms with E-state index in [9.17, 15) is 36.3 Å². The van der Waals surface area contributed by atoms with Crippen LogP contribution in [0.25, 0.3) is 0 Å². The summed E-state index contributed by atoms with van der Waals surface area (Å²) in [5, 5.41) is 3.77. The molecule has 0 bridgehead atoms. The molecule has 0 spiro atoms. The van der Waals surface area contributed by atoms with Crippen LogP contribution >= 0.6 is 11.8 Å². The lowest BCUT2D eigenvalue weighted by Gasteiger charge is -2.24. The van der Waals surface area contributed by atoms with Crippen molar-refractivity contribution in [1.82, 2.24) is 0 Å². The first-order chi connectivity index (χ1) is 15.5. The molecule has 2 aromatic carbocycles. The number of carbonyl (C=O) groups excluding carboxylic acids is 3. The number of esters is 1. The second-order valence-corrected chi connectivity index (χ2v) is 7.86. The zero-order chi connectivity index (χ0) is 24.2. The summed E-state index contributed by atoms with van der Waals surface area (Å²) in [6, 6.07) is 7.92. The molecule has 0 aromatic heterocycles. The highest BCUT2D eigenvalue weighted by Gasteiger charge is 2.34. The first kappa shape index (κ1) is 24.3. The summed E-state index contributed by atoms with van der Waals surface area (Å²) in [5.74, 6) is -2.35. The lowest BCUT2D eigenvalue weighted by molar-refractivity contribution is -0.147. The van der Waals surface area contributed by atoms with Crippen LogP contribution in [0.1, 0.15) is 12.0 Å². The molecule has 0 fully saturated rings. The third kappa shape index (κ3) is 6.81. The van der Waals surface area contributed by atoms with Crippen LogP contribution in [0.3, 0.4) is 0 Å². The predicted octanol–water partition coefficient (Wildman–Crippen LogP) is 4.29. The molecule has 1 aliphatic rings. The van der Waals surface area contributed by atoms with E-state index in [1.807, 2.05) is 0 Å². The van der Waals surface area contributed by atoms with Crippen molar-refractivity contribution in [2.75, 3.05) is 17.2 Å². The molecule has 33 heavy (non-hydrogen) atoms. The maximum atomic E-state index is 12.8. The number of anilines is 2. The normalized spacial score (nSPS) is 15.5. The highest BCUT2D eigenvalue weighted by atomic mass is 32.2. The van der Waals surface area contributed by atoms with E-state index in [1.54, 1.807) is 0 Å². The maximum absolute atomic E-state index is 12.8. The van der Waals surface area contributed by atoms with E-state index in [4.69, 9.17) is 4.74 Å². The van der Waals surface area contributed by atoms with E-state index in [1.165, 1.54) is 30.3 Å². The molecule has 3 rings (SSSR count). The van der Waals surface area contributed by atoms with Crippen LogP contribution in [0.2, 0.25) is 0 Å². The number of benzene rings is 2. The van der Waals surface area contributed by atoms with Gasteiger partial charge in [-0.25, -0.2) is 0 Å². The zero-order valence-corrected chi connectivity index (χ0v) is 17.3. The number of halogens is 5. The number of fused-ring (bicyclic) bond motifs is 1. The molecule has 0 radical (unpaired) electrons. The fraction of sp³-hybridized carbons (Fsp3) is 0.250. The highest BCUT2D eigenvalue weighted by Crippen LogP contribution is 2.40. The van der Waals surface area contributed by atoms with Gasteiger partial charge in [-0.2, -0.15) is 22.0 Å². The van der Waals surface area contributed by atoms with Gasteiger partial charge in [-0.3, -0.25) is 14.4 Å². The molecule has 0 saturated heterocycles. The van der Waals surface area contributed by atoms with Gasteiger partial charge in [-0.1, -0.05) is 0 Å². The van der Waals surface area contributed by atoms with Gasteiger partial charge in [0.25, 0.3) is 5.91 Å². The molecule has 1 aliphatic heterocycles. The first-order valence-corrected chi connectivity index (χ1v) is 10.1. The average molecular weight is 490 g/mol. The van der Waals surface area contributed by atoms with Crippen LogP contribution < -0.4 is 15.4 Å². The van der Waals surface area contributed by atoms with Crippen molar-refractivity contribution >= 4 is 40.9 Å². The molecule has 2 amide bonds. The van der Waals surface area contributed by atoms with Gasteiger partial charge in [0.1, 0.15) is 5.75 Å². The molecule has 2 N–H and O–H groups in total. The van der Waals surface area contributed by atoms with E-state index >= 15 is 0 Å². The minimum absolute atomic E-state index is 0.00575. The molecule has 1 atom stereocenters. The third-order valence-corrected chi connectivity index (χ3v) is 5.48. The van der Waals surface area contributed by atoms with Gasteiger partial charge >= 0.3 is 18.8 Å². The molecule has 176 valence electrons. The zero-order valence-electron chi connectivity index (χ0n) is 16.4. The van der Waals surface area contributed by atoms with Gasteiger partial charge in [0.05, 0.1) is 22.9 Å². The van der Waals surface area contributed by atoms with Gasteiger partial charge in [-0.05, 0) is 42.5 Å². The Morgan fingerprint density at radius 1 is 1.12 bits per heavy atom. The van der Waals surface area contributed by atoms with Crippen molar-refractivity contribution in [3.63, 3.8) is 0 Å². The number of amides is 2. The smallest absolute Gasteiger partial charge is 0.416 e. The lowest BCUT2D eigenvalue weighted by atomic mass is 10.1. The molecule has 2 aromatic rings. The number of thioether (sulfide) groups is 1.